The van der Waals surface area contributed by atoms with Gasteiger partial charge in [-0.1, -0.05) is 18.6 Å². The molecule has 5 rings (SSSR count). The minimum atomic E-state index is -4.68. The molecule has 6 nitrogen and oxygen atoms in total. The molecule has 0 atom stereocenters. The Morgan fingerprint density at radius 3 is 2.27 bits per heavy atom. The fourth-order valence-corrected chi connectivity index (χ4v) is 5.37. The van der Waals surface area contributed by atoms with Gasteiger partial charge in [0.15, 0.2) is 5.69 Å². The number of amides is 1. The molecule has 3 aromatic rings. The van der Waals surface area contributed by atoms with Crippen LogP contribution in [0, 0.1) is 0 Å². The van der Waals surface area contributed by atoms with Crippen LogP contribution in [0.3, 0.4) is 0 Å². The normalized spacial score (nSPS) is 17.4. The second-order valence-corrected chi connectivity index (χ2v) is 9.99. The highest BCUT2D eigenvalue weighted by Gasteiger charge is 2.39. The molecule has 0 unspecified atom stereocenters. The van der Waals surface area contributed by atoms with Gasteiger partial charge in [-0.2, -0.15) is 18.3 Å². The summed E-state index contributed by atoms with van der Waals surface area (Å²) in [6.07, 6.45) is 2.55. The summed E-state index contributed by atoms with van der Waals surface area (Å²) in [5, 5.41) is 6.42. The zero-order valence-corrected chi connectivity index (χ0v) is 20.9. The Labute approximate surface area is 214 Å². The standard InChI is InChI=1S/C28H31F3N4O2/c1-37-23-11-9-22(10-12-23)35-24(19-25(33-35)28(29,30)31)26(36)32-21-7-5-20(6-8-21)27(13-4-14-27)15-18-34-16-2-3-17-34/h5-12,19H,2-4,13-18H2,1H3,(H,32,36). The number of carbonyl (C=O) groups excluding carboxylic acids is 1. The molecule has 1 amide bonds. The van der Waals surface area contributed by atoms with Crippen LogP contribution in [0.2, 0.25) is 0 Å². The number of likely N-dealkylation sites (tertiary alicyclic amines) is 1. The number of halogens is 3. The van der Waals surface area contributed by atoms with Gasteiger partial charge in [0.05, 0.1) is 12.8 Å². The first-order chi connectivity index (χ1) is 17.8. The monoisotopic (exact) mass is 512 g/mol. The molecular formula is C28H31F3N4O2. The Morgan fingerprint density at radius 1 is 1.03 bits per heavy atom. The lowest BCUT2D eigenvalue weighted by atomic mass is 9.62. The van der Waals surface area contributed by atoms with Crippen molar-refractivity contribution in [3.8, 4) is 11.4 Å². The fraction of sp³-hybridized carbons (Fsp3) is 0.429. The van der Waals surface area contributed by atoms with Gasteiger partial charge >= 0.3 is 6.18 Å². The molecule has 0 bridgehead atoms. The van der Waals surface area contributed by atoms with Crippen LogP contribution in [0.25, 0.3) is 5.69 Å². The second kappa shape index (κ2) is 10.2. The zero-order valence-electron chi connectivity index (χ0n) is 20.9. The van der Waals surface area contributed by atoms with Crippen molar-refractivity contribution in [2.75, 3.05) is 32.1 Å². The van der Waals surface area contributed by atoms with Crippen LogP contribution < -0.4 is 10.1 Å². The van der Waals surface area contributed by atoms with Crippen LogP contribution in [0.1, 0.15) is 60.3 Å². The lowest BCUT2D eigenvalue weighted by molar-refractivity contribution is -0.141. The first kappa shape index (κ1) is 25.3. The van der Waals surface area contributed by atoms with Crippen LogP contribution >= 0.6 is 0 Å². The molecule has 196 valence electrons. The summed E-state index contributed by atoms with van der Waals surface area (Å²) in [4.78, 5) is 15.6. The molecule has 37 heavy (non-hydrogen) atoms. The smallest absolute Gasteiger partial charge is 0.435 e. The van der Waals surface area contributed by atoms with E-state index in [0.717, 1.165) is 36.6 Å². The van der Waals surface area contributed by atoms with Gasteiger partial charge in [0.2, 0.25) is 0 Å². The van der Waals surface area contributed by atoms with E-state index >= 15 is 0 Å². The quantitative estimate of drug-likeness (QED) is 0.399. The molecule has 9 heteroatoms. The Morgan fingerprint density at radius 2 is 1.70 bits per heavy atom. The van der Waals surface area contributed by atoms with E-state index in [1.165, 1.54) is 45.0 Å². The van der Waals surface area contributed by atoms with E-state index in [-0.39, 0.29) is 11.1 Å². The van der Waals surface area contributed by atoms with Crippen molar-refractivity contribution in [2.45, 2.75) is 50.1 Å². The first-order valence-electron chi connectivity index (χ1n) is 12.7. The Hall–Kier alpha value is -3.33. The fourth-order valence-electron chi connectivity index (χ4n) is 5.37. The van der Waals surface area contributed by atoms with Crippen molar-refractivity contribution in [3.05, 3.63) is 71.5 Å². The van der Waals surface area contributed by atoms with Gasteiger partial charge in [0.25, 0.3) is 5.91 Å². The molecule has 2 fully saturated rings. The molecule has 0 radical (unpaired) electrons. The number of rotatable bonds is 8. The molecule has 2 heterocycles. The van der Waals surface area contributed by atoms with Crippen LogP contribution in [0.5, 0.6) is 5.75 Å². The van der Waals surface area contributed by atoms with E-state index in [9.17, 15) is 18.0 Å². The largest absolute Gasteiger partial charge is 0.497 e. The molecule has 1 aliphatic heterocycles. The molecule has 1 aliphatic carbocycles. The molecule has 1 aromatic heterocycles. The second-order valence-electron chi connectivity index (χ2n) is 9.99. The third-order valence-corrected chi connectivity index (χ3v) is 7.72. The number of hydrogen-bond acceptors (Lipinski definition) is 4. The average Bonchev–Trinajstić information content (AvgIpc) is 3.55. The summed E-state index contributed by atoms with van der Waals surface area (Å²) in [5.74, 6) is -0.123. The van der Waals surface area contributed by atoms with E-state index < -0.39 is 17.8 Å². The van der Waals surface area contributed by atoms with Crippen LogP contribution in [0.15, 0.2) is 54.6 Å². The third kappa shape index (κ3) is 5.37. The van der Waals surface area contributed by atoms with E-state index in [4.69, 9.17) is 4.74 Å². The van der Waals surface area contributed by atoms with Gasteiger partial charge in [-0.3, -0.25) is 4.79 Å². The highest BCUT2D eigenvalue weighted by Crippen LogP contribution is 2.47. The predicted molar refractivity (Wildman–Crippen MR) is 135 cm³/mol. The van der Waals surface area contributed by atoms with Gasteiger partial charge in [0, 0.05) is 11.8 Å². The number of nitrogens with one attached hydrogen (secondary N) is 1. The maximum absolute atomic E-state index is 13.4. The number of methoxy groups -OCH3 is 1. The lowest BCUT2D eigenvalue weighted by Gasteiger charge is -2.43. The van der Waals surface area contributed by atoms with Crippen LogP contribution in [-0.4, -0.2) is 47.3 Å². The average molecular weight is 513 g/mol. The maximum Gasteiger partial charge on any atom is 0.435 e. The molecule has 1 N–H and O–H groups in total. The SMILES string of the molecule is COc1ccc(-n2nc(C(F)(F)F)cc2C(=O)Nc2ccc(C3(CCN4CCCC4)CCC3)cc2)cc1. The van der Waals surface area contributed by atoms with Crippen molar-refractivity contribution in [1.82, 2.24) is 14.7 Å². The van der Waals surface area contributed by atoms with Crippen molar-refractivity contribution in [3.63, 3.8) is 0 Å². The van der Waals surface area contributed by atoms with Crippen molar-refractivity contribution < 1.29 is 22.7 Å². The third-order valence-electron chi connectivity index (χ3n) is 7.72. The van der Waals surface area contributed by atoms with Crippen LogP contribution in [0.4, 0.5) is 18.9 Å². The van der Waals surface area contributed by atoms with Gasteiger partial charge in [0.1, 0.15) is 11.4 Å². The molecule has 0 spiro atoms. The summed E-state index contributed by atoms with van der Waals surface area (Å²) in [7, 11) is 1.50. The number of aromatic nitrogens is 2. The first-order valence-corrected chi connectivity index (χ1v) is 12.7. The number of benzene rings is 2. The van der Waals surface area contributed by atoms with Gasteiger partial charge in [-0.15, -0.1) is 0 Å². The van der Waals surface area contributed by atoms with Gasteiger partial charge in [-0.05, 0) is 99.1 Å². The van der Waals surface area contributed by atoms with Gasteiger partial charge in [-0.25, -0.2) is 4.68 Å². The highest BCUT2D eigenvalue weighted by atomic mass is 19.4. The van der Waals surface area contributed by atoms with E-state index in [1.54, 1.807) is 24.3 Å². The molecule has 1 saturated heterocycles. The Bertz CT molecular complexity index is 1230. The number of anilines is 1. The summed E-state index contributed by atoms with van der Waals surface area (Å²) < 4.78 is 46.4. The van der Waals surface area contributed by atoms with E-state index in [2.05, 4.69) is 15.3 Å². The lowest BCUT2D eigenvalue weighted by Crippen LogP contribution is -2.38. The van der Waals surface area contributed by atoms with Crippen molar-refractivity contribution in [1.29, 1.82) is 0 Å². The zero-order chi connectivity index (χ0) is 26.0. The van der Waals surface area contributed by atoms with Gasteiger partial charge < -0.3 is 15.0 Å². The van der Waals surface area contributed by atoms with Crippen LogP contribution in [-0.2, 0) is 11.6 Å². The molecular weight excluding hydrogens is 481 g/mol. The molecule has 2 aromatic carbocycles. The minimum absolute atomic E-state index is 0.180. The van der Waals surface area contributed by atoms with Crippen molar-refractivity contribution in [2.24, 2.45) is 0 Å². The number of carbonyl (C=O) groups is 1. The topological polar surface area (TPSA) is 59.4 Å². The number of alkyl halides is 3. The number of nitrogens with zero attached hydrogens (tertiary/aromatic N) is 3. The van der Waals surface area contributed by atoms with E-state index in [1.807, 2.05) is 24.3 Å². The maximum atomic E-state index is 13.4. The summed E-state index contributed by atoms with van der Waals surface area (Å²) in [5.41, 5.74) is 0.954. The number of hydrogen-bond donors (Lipinski definition) is 1. The number of ether oxygens (including phenoxy) is 1. The summed E-state index contributed by atoms with van der Waals surface area (Å²) in [6, 6.07) is 14.8. The Kier molecular flexibility index (Phi) is 6.98. The summed E-state index contributed by atoms with van der Waals surface area (Å²) >= 11 is 0. The van der Waals surface area contributed by atoms with E-state index in [0.29, 0.717) is 17.1 Å². The molecule has 2 aliphatic rings. The summed E-state index contributed by atoms with van der Waals surface area (Å²) in [6.45, 7) is 3.48. The minimum Gasteiger partial charge on any atom is -0.497 e. The predicted octanol–water partition coefficient (Wildman–Crippen LogP) is 6.06. The highest BCUT2D eigenvalue weighted by molar-refractivity contribution is 6.03. The Balaban J connectivity index is 1.33. The molecule has 1 saturated carbocycles. The van der Waals surface area contributed by atoms with Crippen molar-refractivity contribution >= 4 is 11.6 Å².